The maximum absolute atomic E-state index is 12.5. The van der Waals surface area contributed by atoms with Crippen LogP contribution in [0.25, 0.3) is 0 Å². The van der Waals surface area contributed by atoms with Gasteiger partial charge in [0.1, 0.15) is 11.3 Å². The maximum Gasteiger partial charge on any atom is 0.240 e. The largest absolute Gasteiger partial charge is 0.494 e. The molecule has 0 aliphatic heterocycles. The molecule has 24 heavy (non-hydrogen) atoms. The highest BCUT2D eigenvalue weighted by Crippen LogP contribution is 2.49. The van der Waals surface area contributed by atoms with Crippen LogP contribution in [0.5, 0.6) is 5.75 Å². The number of aryl methyl sites for hydroxylation is 1. The molecular formula is C19H30N2O3. The molecule has 1 saturated carbocycles. The van der Waals surface area contributed by atoms with Crippen LogP contribution in [-0.2, 0) is 9.53 Å². The summed E-state index contributed by atoms with van der Waals surface area (Å²) in [6.45, 7) is 9.75. The number of nitrogens with one attached hydrogen (secondary N) is 1. The van der Waals surface area contributed by atoms with Gasteiger partial charge in [0, 0.05) is 25.0 Å². The summed E-state index contributed by atoms with van der Waals surface area (Å²) in [4.78, 5) is 12.5. The minimum atomic E-state index is -0.856. The molecule has 1 aromatic rings. The number of hydrogen-bond acceptors (Lipinski definition) is 4. The first kappa shape index (κ1) is 18.7. The quantitative estimate of drug-likeness (QED) is 0.716. The molecule has 0 heterocycles. The molecule has 3 N–H and O–H groups in total. The van der Waals surface area contributed by atoms with Crippen molar-refractivity contribution in [2.24, 2.45) is 11.1 Å². The summed E-state index contributed by atoms with van der Waals surface area (Å²) in [5.41, 5.74) is 6.33. The minimum Gasteiger partial charge on any atom is -0.494 e. The van der Waals surface area contributed by atoms with Gasteiger partial charge in [0.05, 0.1) is 12.7 Å². The standard InChI is InChI=1S/C19H30N2O3/c1-5-23-16-13-19(20,18(16,3)4)17(22)21-11-6-12-24-15-9-7-14(2)8-10-15/h7-10,16H,5-6,11-13,20H2,1-4H3,(H,21,22). The average Bonchev–Trinajstić information content (AvgIpc) is 2.55. The summed E-state index contributed by atoms with van der Waals surface area (Å²) in [7, 11) is 0. The van der Waals surface area contributed by atoms with Crippen LogP contribution in [0.3, 0.4) is 0 Å². The first-order valence-electron chi connectivity index (χ1n) is 8.69. The van der Waals surface area contributed by atoms with Gasteiger partial charge >= 0.3 is 0 Å². The number of hydrogen-bond donors (Lipinski definition) is 2. The molecule has 2 unspecified atom stereocenters. The second-order valence-corrected chi connectivity index (χ2v) is 7.11. The Bertz CT molecular complexity index is 556. The molecule has 0 saturated heterocycles. The molecule has 1 amide bonds. The van der Waals surface area contributed by atoms with Gasteiger partial charge in [-0.05, 0) is 32.4 Å². The van der Waals surface area contributed by atoms with E-state index in [1.165, 1.54) is 5.56 Å². The van der Waals surface area contributed by atoms with Gasteiger partial charge in [-0.3, -0.25) is 4.79 Å². The van der Waals surface area contributed by atoms with Crippen LogP contribution in [0.15, 0.2) is 24.3 Å². The maximum atomic E-state index is 12.5. The van der Waals surface area contributed by atoms with Crippen molar-refractivity contribution in [3.63, 3.8) is 0 Å². The third-order valence-corrected chi connectivity index (χ3v) is 5.13. The van der Waals surface area contributed by atoms with Gasteiger partial charge in [-0.1, -0.05) is 31.5 Å². The van der Waals surface area contributed by atoms with Crippen LogP contribution in [-0.4, -0.2) is 37.3 Å². The summed E-state index contributed by atoms with van der Waals surface area (Å²) in [6, 6.07) is 7.94. The summed E-state index contributed by atoms with van der Waals surface area (Å²) in [5, 5.41) is 2.94. The van der Waals surface area contributed by atoms with Crippen LogP contribution >= 0.6 is 0 Å². The van der Waals surface area contributed by atoms with E-state index in [0.29, 0.717) is 26.2 Å². The van der Waals surface area contributed by atoms with E-state index in [2.05, 4.69) is 5.32 Å². The van der Waals surface area contributed by atoms with Crippen molar-refractivity contribution < 1.29 is 14.3 Å². The van der Waals surface area contributed by atoms with Crippen molar-refractivity contribution in [2.45, 2.75) is 52.2 Å². The number of carbonyl (C=O) groups is 1. The first-order chi connectivity index (χ1) is 11.3. The highest BCUT2D eigenvalue weighted by atomic mass is 16.5. The third-order valence-electron chi connectivity index (χ3n) is 5.13. The molecule has 1 aromatic carbocycles. The molecule has 0 radical (unpaired) electrons. The average molecular weight is 334 g/mol. The fourth-order valence-corrected chi connectivity index (χ4v) is 3.08. The van der Waals surface area contributed by atoms with E-state index in [1.807, 2.05) is 52.0 Å². The SMILES string of the molecule is CCOC1CC(N)(C(=O)NCCCOc2ccc(C)cc2)C1(C)C. The zero-order valence-electron chi connectivity index (χ0n) is 15.2. The Labute approximate surface area is 144 Å². The molecule has 2 atom stereocenters. The van der Waals surface area contributed by atoms with Gasteiger partial charge in [0.2, 0.25) is 5.91 Å². The Hall–Kier alpha value is -1.59. The van der Waals surface area contributed by atoms with Crippen molar-refractivity contribution in [1.82, 2.24) is 5.32 Å². The predicted octanol–water partition coefficient (Wildman–Crippen LogP) is 2.41. The van der Waals surface area contributed by atoms with Crippen molar-refractivity contribution >= 4 is 5.91 Å². The highest BCUT2D eigenvalue weighted by molar-refractivity contribution is 5.88. The van der Waals surface area contributed by atoms with E-state index in [1.54, 1.807) is 0 Å². The lowest BCUT2D eigenvalue weighted by atomic mass is 9.54. The Morgan fingerprint density at radius 1 is 1.33 bits per heavy atom. The number of carbonyl (C=O) groups excluding carboxylic acids is 1. The Morgan fingerprint density at radius 3 is 2.58 bits per heavy atom. The fraction of sp³-hybridized carbons (Fsp3) is 0.632. The number of amides is 1. The molecular weight excluding hydrogens is 304 g/mol. The number of nitrogens with two attached hydrogens (primary N) is 1. The lowest BCUT2D eigenvalue weighted by Gasteiger charge is -2.57. The van der Waals surface area contributed by atoms with Crippen molar-refractivity contribution in [3.8, 4) is 5.75 Å². The molecule has 0 spiro atoms. The van der Waals surface area contributed by atoms with E-state index in [0.717, 1.165) is 12.2 Å². The lowest BCUT2D eigenvalue weighted by Crippen LogP contribution is -2.75. The van der Waals surface area contributed by atoms with E-state index < -0.39 is 5.54 Å². The number of benzene rings is 1. The van der Waals surface area contributed by atoms with E-state index in [9.17, 15) is 4.79 Å². The summed E-state index contributed by atoms with van der Waals surface area (Å²) >= 11 is 0. The zero-order chi connectivity index (χ0) is 17.8. The molecule has 0 aromatic heterocycles. The van der Waals surface area contributed by atoms with Crippen molar-refractivity contribution in [3.05, 3.63) is 29.8 Å². The van der Waals surface area contributed by atoms with Crippen LogP contribution in [0.2, 0.25) is 0 Å². The Morgan fingerprint density at radius 2 is 2.00 bits per heavy atom. The monoisotopic (exact) mass is 334 g/mol. The second kappa shape index (κ2) is 7.53. The summed E-state index contributed by atoms with van der Waals surface area (Å²) in [6.07, 6.45) is 1.35. The molecule has 2 rings (SSSR count). The van der Waals surface area contributed by atoms with E-state index in [-0.39, 0.29) is 17.4 Å². The van der Waals surface area contributed by atoms with Crippen molar-refractivity contribution in [2.75, 3.05) is 19.8 Å². The molecule has 1 aliphatic rings. The second-order valence-electron chi connectivity index (χ2n) is 7.11. The van der Waals surface area contributed by atoms with Crippen LogP contribution < -0.4 is 15.8 Å². The van der Waals surface area contributed by atoms with Gasteiger partial charge in [-0.15, -0.1) is 0 Å². The molecule has 1 aliphatic carbocycles. The third kappa shape index (κ3) is 3.73. The molecule has 5 heteroatoms. The smallest absolute Gasteiger partial charge is 0.240 e. The molecule has 5 nitrogen and oxygen atoms in total. The minimum absolute atomic E-state index is 0.0446. The molecule has 134 valence electrons. The molecule has 1 fully saturated rings. The van der Waals surface area contributed by atoms with Gasteiger partial charge in [0.25, 0.3) is 0 Å². The molecule has 0 bridgehead atoms. The van der Waals surface area contributed by atoms with Gasteiger partial charge in [0.15, 0.2) is 0 Å². The van der Waals surface area contributed by atoms with Crippen LogP contribution in [0, 0.1) is 12.3 Å². The summed E-state index contributed by atoms with van der Waals surface area (Å²) < 4.78 is 11.3. The Kier molecular flexibility index (Phi) is 5.88. The predicted molar refractivity (Wildman–Crippen MR) is 95.0 cm³/mol. The van der Waals surface area contributed by atoms with Gasteiger partial charge in [-0.25, -0.2) is 0 Å². The first-order valence-corrected chi connectivity index (χ1v) is 8.69. The van der Waals surface area contributed by atoms with Crippen LogP contribution in [0.4, 0.5) is 0 Å². The van der Waals surface area contributed by atoms with E-state index >= 15 is 0 Å². The van der Waals surface area contributed by atoms with Gasteiger partial charge < -0.3 is 20.5 Å². The van der Waals surface area contributed by atoms with Gasteiger partial charge in [-0.2, -0.15) is 0 Å². The normalized spacial score (nSPS) is 25.0. The lowest BCUT2D eigenvalue weighted by molar-refractivity contribution is -0.170. The fourth-order valence-electron chi connectivity index (χ4n) is 3.08. The van der Waals surface area contributed by atoms with Crippen molar-refractivity contribution in [1.29, 1.82) is 0 Å². The Balaban J connectivity index is 1.71. The number of rotatable bonds is 8. The van der Waals surface area contributed by atoms with E-state index in [4.69, 9.17) is 15.2 Å². The summed E-state index contributed by atoms with van der Waals surface area (Å²) in [5.74, 6) is 0.751. The topological polar surface area (TPSA) is 73.6 Å². The number of ether oxygens (including phenoxy) is 2. The highest BCUT2D eigenvalue weighted by Gasteiger charge is 2.62. The zero-order valence-corrected chi connectivity index (χ0v) is 15.2. The van der Waals surface area contributed by atoms with Crippen LogP contribution in [0.1, 0.15) is 39.2 Å².